The number of nitrogens with one attached hydrogen (secondary N) is 1. The van der Waals surface area contributed by atoms with Gasteiger partial charge in [-0.25, -0.2) is 0 Å². The molecule has 1 aliphatic carbocycles. The summed E-state index contributed by atoms with van der Waals surface area (Å²) in [5, 5.41) is 2.90. The highest BCUT2D eigenvalue weighted by molar-refractivity contribution is 7.81. The van der Waals surface area contributed by atoms with E-state index >= 15 is 0 Å². The van der Waals surface area contributed by atoms with E-state index < -0.39 is 0 Å². The van der Waals surface area contributed by atoms with Crippen LogP contribution in [0.4, 0.5) is 0 Å². The van der Waals surface area contributed by atoms with E-state index in [-0.39, 0.29) is 33.9 Å². The maximum absolute atomic E-state index is 11.8. The van der Waals surface area contributed by atoms with E-state index in [9.17, 15) is 4.79 Å². The predicted molar refractivity (Wildman–Crippen MR) is 67.1 cm³/mol. The summed E-state index contributed by atoms with van der Waals surface area (Å²) in [5.41, 5.74) is 0.403. The Morgan fingerprint density at radius 1 is 1.20 bits per heavy atom. The first-order chi connectivity index (χ1) is 6.62. The molecule has 0 aromatic carbocycles. The number of hydrogen-bond donors (Lipinski definition) is 2. The molecule has 0 heterocycles. The van der Waals surface area contributed by atoms with E-state index in [4.69, 9.17) is 0 Å². The number of thiol groups is 1. The van der Waals surface area contributed by atoms with Crippen LogP contribution in [0.15, 0.2) is 0 Å². The number of carbonyl (C=O) groups excluding carboxylic acids is 1. The van der Waals surface area contributed by atoms with Crippen molar-refractivity contribution in [3.8, 4) is 0 Å². The van der Waals surface area contributed by atoms with Crippen molar-refractivity contribution in [2.24, 2.45) is 16.7 Å². The zero-order chi connectivity index (χ0) is 12.0. The van der Waals surface area contributed by atoms with Crippen LogP contribution in [0, 0.1) is 16.7 Å². The topological polar surface area (TPSA) is 29.1 Å². The van der Waals surface area contributed by atoms with Crippen LogP contribution in [0.25, 0.3) is 0 Å². The van der Waals surface area contributed by atoms with Crippen molar-refractivity contribution in [1.29, 1.82) is 0 Å². The standard InChI is InChI=1S/C12H23NOS/c1-7(2)8(15)9(14)13-10-11(3,4)12(10,5)6/h7-8,10,15H,1-6H3,(H,13,14). The minimum Gasteiger partial charge on any atom is -0.351 e. The second-order valence-electron chi connectivity index (χ2n) is 6.07. The van der Waals surface area contributed by atoms with Gasteiger partial charge in [0.25, 0.3) is 0 Å². The lowest BCUT2D eigenvalue weighted by atomic mass is 10.0. The lowest BCUT2D eigenvalue weighted by Gasteiger charge is -2.15. The molecular formula is C12H23NOS. The summed E-state index contributed by atoms with van der Waals surface area (Å²) in [6.07, 6.45) is 0. The highest BCUT2D eigenvalue weighted by atomic mass is 32.1. The van der Waals surface area contributed by atoms with Crippen LogP contribution in [0.2, 0.25) is 0 Å². The third-order valence-electron chi connectivity index (χ3n) is 4.21. The molecule has 1 rings (SSSR count). The Bertz CT molecular complexity index is 257. The van der Waals surface area contributed by atoms with Gasteiger partial charge in [0.15, 0.2) is 0 Å². The van der Waals surface area contributed by atoms with Crippen molar-refractivity contribution in [2.45, 2.75) is 52.8 Å². The van der Waals surface area contributed by atoms with Gasteiger partial charge in [0.05, 0.1) is 5.25 Å². The minimum atomic E-state index is -0.197. The molecule has 15 heavy (non-hydrogen) atoms. The van der Waals surface area contributed by atoms with E-state index in [0.717, 1.165) is 0 Å². The molecule has 1 N–H and O–H groups in total. The summed E-state index contributed by atoms with van der Waals surface area (Å²) >= 11 is 4.32. The molecule has 0 aromatic heterocycles. The van der Waals surface area contributed by atoms with Crippen molar-refractivity contribution < 1.29 is 4.79 Å². The Labute approximate surface area is 98.6 Å². The van der Waals surface area contributed by atoms with Crippen LogP contribution < -0.4 is 5.32 Å². The highest BCUT2D eigenvalue weighted by Gasteiger charge is 2.65. The molecule has 1 saturated carbocycles. The second kappa shape index (κ2) is 3.69. The van der Waals surface area contributed by atoms with Gasteiger partial charge in [-0.15, -0.1) is 0 Å². The summed E-state index contributed by atoms with van der Waals surface area (Å²) in [6, 6.07) is 0.283. The predicted octanol–water partition coefficient (Wildman–Crippen LogP) is 2.49. The molecule has 0 saturated heterocycles. The van der Waals surface area contributed by atoms with Crippen molar-refractivity contribution in [1.82, 2.24) is 5.32 Å². The normalized spacial score (nSPS) is 25.1. The van der Waals surface area contributed by atoms with Crippen LogP contribution in [0.3, 0.4) is 0 Å². The molecule has 1 unspecified atom stereocenters. The Morgan fingerprint density at radius 3 is 1.87 bits per heavy atom. The summed E-state index contributed by atoms with van der Waals surface area (Å²) in [4.78, 5) is 11.8. The van der Waals surface area contributed by atoms with Gasteiger partial charge in [0.1, 0.15) is 0 Å². The molecule has 0 aliphatic heterocycles. The monoisotopic (exact) mass is 229 g/mol. The molecular weight excluding hydrogens is 206 g/mol. The van der Waals surface area contributed by atoms with Gasteiger partial charge in [-0.3, -0.25) is 4.79 Å². The quantitative estimate of drug-likeness (QED) is 0.715. The fraction of sp³-hybridized carbons (Fsp3) is 0.917. The molecule has 1 amide bonds. The van der Waals surface area contributed by atoms with Gasteiger partial charge in [0, 0.05) is 6.04 Å². The van der Waals surface area contributed by atoms with Gasteiger partial charge in [-0.05, 0) is 16.7 Å². The summed E-state index contributed by atoms with van der Waals surface area (Å²) in [7, 11) is 0. The van der Waals surface area contributed by atoms with Gasteiger partial charge in [0.2, 0.25) is 5.91 Å². The fourth-order valence-corrected chi connectivity index (χ4v) is 2.16. The number of hydrogen-bond acceptors (Lipinski definition) is 2. The molecule has 0 spiro atoms. The maximum atomic E-state index is 11.8. The first-order valence-electron chi connectivity index (χ1n) is 5.61. The van der Waals surface area contributed by atoms with E-state index in [1.165, 1.54) is 0 Å². The second-order valence-corrected chi connectivity index (χ2v) is 6.63. The maximum Gasteiger partial charge on any atom is 0.233 e. The smallest absolute Gasteiger partial charge is 0.233 e. The Balaban J connectivity index is 2.56. The first-order valence-corrected chi connectivity index (χ1v) is 6.12. The third kappa shape index (κ3) is 2.03. The zero-order valence-corrected chi connectivity index (χ0v) is 11.5. The largest absolute Gasteiger partial charge is 0.351 e. The number of amides is 1. The van der Waals surface area contributed by atoms with E-state index in [2.05, 4.69) is 45.6 Å². The zero-order valence-electron chi connectivity index (χ0n) is 10.6. The van der Waals surface area contributed by atoms with Crippen molar-refractivity contribution in [3.05, 3.63) is 0 Å². The number of rotatable bonds is 3. The lowest BCUT2D eigenvalue weighted by molar-refractivity contribution is -0.121. The molecule has 0 aromatic rings. The van der Waals surface area contributed by atoms with Crippen LogP contribution in [-0.4, -0.2) is 17.2 Å². The van der Waals surface area contributed by atoms with Gasteiger partial charge in [-0.2, -0.15) is 12.6 Å². The summed E-state index contributed by atoms with van der Waals surface area (Å²) in [6.45, 7) is 12.8. The molecule has 2 nitrogen and oxygen atoms in total. The van der Waals surface area contributed by atoms with Crippen LogP contribution in [0.5, 0.6) is 0 Å². The SMILES string of the molecule is CC(C)C(S)C(=O)NC1C(C)(C)C1(C)C. The molecule has 88 valence electrons. The molecule has 1 fully saturated rings. The van der Waals surface area contributed by atoms with E-state index in [1.54, 1.807) is 0 Å². The molecule has 1 atom stereocenters. The van der Waals surface area contributed by atoms with E-state index in [1.807, 2.05) is 13.8 Å². The van der Waals surface area contributed by atoms with Crippen molar-refractivity contribution in [3.63, 3.8) is 0 Å². The molecule has 3 heteroatoms. The molecule has 0 bridgehead atoms. The van der Waals surface area contributed by atoms with Crippen molar-refractivity contribution >= 4 is 18.5 Å². The molecule has 0 radical (unpaired) electrons. The lowest BCUT2D eigenvalue weighted by Crippen LogP contribution is -2.38. The molecule has 1 aliphatic rings. The third-order valence-corrected chi connectivity index (χ3v) is 5.04. The average molecular weight is 229 g/mol. The van der Waals surface area contributed by atoms with Crippen LogP contribution in [-0.2, 0) is 4.79 Å². The Hall–Kier alpha value is -0.180. The highest BCUT2D eigenvalue weighted by Crippen LogP contribution is 2.62. The Morgan fingerprint density at radius 2 is 1.60 bits per heavy atom. The van der Waals surface area contributed by atoms with Gasteiger partial charge < -0.3 is 5.32 Å². The Kier molecular flexibility index (Phi) is 3.17. The van der Waals surface area contributed by atoms with Gasteiger partial charge in [-0.1, -0.05) is 41.5 Å². The first kappa shape index (κ1) is 12.9. The minimum absolute atomic E-state index is 0.0667. The number of carbonyl (C=O) groups is 1. The summed E-state index contributed by atoms with van der Waals surface area (Å²) < 4.78 is 0. The van der Waals surface area contributed by atoms with Crippen molar-refractivity contribution in [2.75, 3.05) is 0 Å². The van der Waals surface area contributed by atoms with E-state index in [0.29, 0.717) is 0 Å². The average Bonchev–Trinajstić information content (AvgIpc) is 2.46. The van der Waals surface area contributed by atoms with Crippen LogP contribution in [0.1, 0.15) is 41.5 Å². The summed E-state index contributed by atoms with van der Waals surface area (Å²) in [5.74, 6) is 0.343. The van der Waals surface area contributed by atoms with Gasteiger partial charge >= 0.3 is 0 Å². The van der Waals surface area contributed by atoms with Crippen LogP contribution >= 0.6 is 12.6 Å². The fourth-order valence-electron chi connectivity index (χ4n) is 2.09.